The molecule has 1 amide bonds. The van der Waals surface area contributed by atoms with Crippen LogP contribution in [0, 0.1) is 5.92 Å². The van der Waals surface area contributed by atoms with Crippen LogP contribution in [0.25, 0.3) is 0 Å². The van der Waals surface area contributed by atoms with E-state index in [1.54, 1.807) is 18.3 Å². The van der Waals surface area contributed by atoms with Crippen molar-refractivity contribution in [2.24, 2.45) is 5.92 Å². The van der Waals surface area contributed by atoms with Gasteiger partial charge in [-0.1, -0.05) is 23.7 Å². The molecule has 0 bridgehead atoms. The summed E-state index contributed by atoms with van der Waals surface area (Å²) in [6.45, 7) is 1.61. The summed E-state index contributed by atoms with van der Waals surface area (Å²) in [6, 6.07) is 7.59. The Morgan fingerprint density at radius 2 is 2.18 bits per heavy atom. The van der Waals surface area contributed by atoms with Gasteiger partial charge in [0.2, 0.25) is 0 Å². The van der Waals surface area contributed by atoms with Gasteiger partial charge in [0.25, 0.3) is 5.91 Å². The van der Waals surface area contributed by atoms with Gasteiger partial charge >= 0.3 is 0 Å². The Bertz CT molecular complexity index is 723. The Hall–Kier alpha value is -1.85. The van der Waals surface area contributed by atoms with E-state index >= 15 is 0 Å². The van der Waals surface area contributed by atoms with E-state index in [9.17, 15) is 4.79 Å². The second-order valence-corrected chi connectivity index (χ2v) is 6.31. The highest BCUT2D eigenvalue weighted by atomic mass is 35.5. The van der Waals surface area contributed by atoms with Gasteiger partial charge in [-0.15, -0.1) is 0 Å². The zero-order valence-corrected chi connectivity index (χ0v) is 12.8. The molecule has 1 atom stereocenters. The van der Waals surface area contributed by atoms with E-state index in [0.717, 1.165) is 12.4 Å². The van der Waals surface area contributed by atoms with E-state index in [4.69, 9.17) is 11.6 Å². The first kappa shape index (κ1) is 13.8. The lowest BCUT2D eigenvalue weighted by molar-refractivity contribution is 0.101. The van der Waals surface area contributed by atoms with Crippen molar-refractivity contribution < 1.29 is 4.79 Å². The molecule has 1 aliphatic heterocycles. The summed E-state index contributed by atoms with van der Waals surface area (Å²) in [5.41, 5.74) is 1.25. The Kier molecular flexibility index (Phi) is 3.39. The number of aromatic nitrogens is 2. The van der Waals surface area contributed by atoms with E-state index in [1.165, 1.54) is 12.8 Å². The van der Waals surface area contributed by atoms with E-state index in [1.807, 2.05) is 12.1 Å². The van der Waals surface area contributed by atoms with Crippen LogP contribution < -0.4 is 10.6 Å². The lowest BCUT2D eigenvalue weighted by Crippen LogP contribution is -2.36. The number of amides is 1. The van der Waals surface area contributed by atoms with Crippen LogP contribution in [-0.4, -0.2) is 22.0 Å². The van der Waals surface area contributed by atoms with Crippen LogP contribution >= 0.6 is 11.6 Å². The molecule has 2 aliphatic rings. The summed E-state index contributed by atoms with van der Waals surface area (Å²) in [4.78, 5) is 17.0. The number of nitrogens with zero attached hydrogens (tertiary/aromatic N) is 2. The van der Waals surface area contributed by atoms with E-state index < -0.39 is 0 Å². The predicted molar refractivity (Wildman–Crippen MR) is 85.1 cm³/mol. The molecule has 6 heteroatoms. The minimum atomic E-state index is -0.153. The van der Waals surface area contributed by atoms with Gasteiger partial charge in [0.15, 0.2) is 0 Å². The summed E-state index contributed by atoms with van der Waals surface area (Å²) in [7, 11) is 0. The topological polar surface area (TPSA) is 59.0 Å². The maximum atomic E-state index is 12.6. The number of para-hydroxylation sites is 1. The normalized spacial score (nSPS) is 20.5. The lowest BCUT2D eigenvalue weighted by Gasteiger charge is -2.27. The first-order valence-corrected chi connectivity index (χ1v) is 7.94. The average Bonchev–Trinajstić information content (AvgIpc) is 3.27. The first-order valence-electron chi connectivity index (χ1n) is 7.57. The molecular formula is C16H17ClN4O. The van der Waals surface area contributed by atoms with Gasteiger partial charge in [0.1, 0.15) is 11.5 Å². The third-order valence-electron chi connectivity index (χ3n) is 4.36. The van der Waals surface area contributed by atoms with Crippen molar-refractivity contribution in [2.75, 3.05) is 11.9 Å². The summed E-state index contributed by atoms with van der Waals surface area (Å²) < 4.78 is 2.11. The number of hydrogen-bond acceptors (Lipinski definition) is 3. The zero-order valence-electron chi connectivity index (χ0n) is 12.1. The third-order valence-corrected chi connectivity index (χ3v) is 4.69. The fourth-order valence-corrected chi connectivity index (χ4v) is 3.28. The quantitative estimate of drug-likeness (QED) is 0.915. The molecule has 2 aromatic rings. The first-order chi connectivity index (χ1) is 10.7. The number of carbonyl (C=O) groups is 1. The second kappa shape index (κ2) is 5.41. The number of nitrogens with one attached hydrogen (secondary N) is 2. The zero-order chi connectivity index (χ0) is 15.1. The molecule has 0 saturated heterocycles. The number of hydrogen-bond donors (Lipinski definition) is 2. The lowest BCUT2D eigenvalue weighted by atomic mass is 10.1. The van der Waals surface area contributed by atoms with Crippen molar-refractivity contribution in [1.29, 1.82) is 0 Å². The van der Waals surface area contributed by atoms with Gasteiger partial charge in [-0.3, -0.25) is 4.79 Å². The van der Waals surface area contributed by atoms with Crippen molar-refractivity contribution in [3.05, 3.63) is 47.0 Å². The molecule has 1 aromatic heterocycles. The summed E-state index contributed by atoms with van der Waals surface area (Å²) in [5, 5.41) is 6.81. The highest BCUT2D eigenvalue weighted by Gasteiger charge is 2.37. The molecule has 0 radical (unpaired) electrons. The summed E-state index contributed by atoms with van der Waals surface area (Å²) >= 11 is 6.12. The standard InChI is InChI=1S/C16H17ClN4O/c17-11-3-1-2-4-12(11)20-16(22)14-8-19-15-9-18-7-13(21(14)15)10-5-6-10/h1-4,8,10,13,18H,5-7,9H2,(H,20,22). The van der Waals surface area contributed by atoms with Gasteiger partial charge in [0, 0.05) is 6.54 Å². The van der Waals surface area contributed by atoms with E-state index in [2.05, 4.69) is 20.2 Å². The number of fused-ring (bicyclic) bond motifs is 1. The van der Waals surface area contributed by atoms with Crippen LogP contribution in [0.2, 0.25) is 5.02 Å². The van der Waals surface area contributed by atoms with Crippen LogP contribution in [0.1, 0.15) is 35.2 Å². The molecule has 2 N–H and O–H groups in total. The Morgan fingerprint density at radius 3 is 2.95 bits per heavy atom. The second-order valence-electron chi connectivity index (χ2n) is 5.90. The molecule has 1 saturated carbocycles. The largest absolute Gasteiger partial charge is 0.319 e. The summed E-state index contributed by atoms with van der Waals surface area (Å²) in [6.07, 6.45) is 4.13. The maximum absolute atomic E-state index is 12.6. The van der Waals surface area contributed by atoms with Crippen LogP contribution in [0.4, 0.5) is 5.69 Å². The molecule has 0 spiro atoms. The SMILES string of the molecule is O=C(Nc1ccccc1Cl)c1cnc2n1C(C1CC1)CNC2. The molecule has 4 rings (SSSR count). The number of anilines is 1. The van der Waals surface area contributed by atoms with Crippen molar-refractivity contribution >= 4 is 23.2 Å². The fraction of sp³-hybridized carbons (Fsp3) is 0.375. The molecule has 114 valence electrons. The molecule has 1 aliphatic carbocycles. The Balaban J connectivity index is 1.64. The molecule has 1 fully saturated rings. The minimum absolute atomic E-state index is 0.153. The van der Waals surface area contributed by atoms with Crippen molar-refractivity contribution in [3.63, 3.8) is 0 Å². The molecular weight excluding hydrogens is 300 g/mol. The number of imidazole rings is 1. The van der Waals surface area contributed by atoms with E-state index in [-0.39, 0.29) is 5.91 Å². The maximum Gasteiger partial charge on any atom is 0.273 e. The number of benzene rings is 1. The van der Waals surface area contributed by atoms with Gasteiger partial charge in [-0.2, -0.15) is 0 Å². The van der Waals surface area contributed by atoms with Crippen LogP contribution in [0.15, 0.2) is 30.5 Å². The van der Waals surface area contributed by atoms with Crippen LogP contribution in [-0.2, 0) is 6.54 Å². The molecule has 5 nitrogen and oxygen atoms in total. The average molecular weight is 317 g/mol. The Labute approximate surface area is 133 Å². The monoisotopic (exact) mass is 316 g/mol. The fourth-order valence-electron chi connectivity index (χ4n) is 3.10. The minimum Gasteiger partial charge on any atom is -0.319 e. The van der Waals surface area contributed by atoms with Crippen LogP contribution in [0.5, 0.6) is 0 Å². The summed E-state index contributed by atoms with van der Waals surface area (Å²) in [5.74, 6) is 1.44. The van der Waals surface area contributed by atoms with Gasteiger partial charge in [-0.25, -0.2) is 4.98 Å². The molecule has 2 heterocycles. The molecule has 1 aromatic carbocycles. The van der Waals surface area contributed by atoms with Crippen LogP contribution in [0.3, 0.4) is 0 Å². The van der Waals surface area contributed by atoms with Gasteiger partial charge < -0.3 is 15.2 Å². The van der Waals surface area contributed by atoms with Crippen molar-refractivity contribution in [1.82, 2.24) is 14.9 Å². The Morgan fingerprint density at radius 1 is 1.36 bits per heavy atom. The van der Waals surface area contributed by atoms with E-state index in [0.29, 0.717) is 34.9 Å². The number of halogens is 1. The smallest absolute Gasteiger partial charge is 0.273 e. The van der Waals surface area contributed by atoms with Crippen molar-refractivity contribution in [3.8, 4) is 0 Å². The number of rotatable bonds is 3. The molecule has 22 heavy (non-hydrogen) atoms. The van der Waals surface area contributed by atoms with Gasteiger partial charge in [-0.05, 0) is 30.9 Å². The third kappa shape index (κ3) is 2.40. The highest BCUT2D eigenvalue weighted by molar-refractivity contribution is 6.33. The molecule has 1 unspecified atom stereocenters. The predicted octanol–water partition coefficient (Wildman–Crippen LogP) is 2.84. The highest BCUT2D eigenvalue weighted by Crippen LogP contribution is 2.41. The number of carbonyl (C=O) groups excluding carboxylic acids is 1. The van der Waals surface area contributed by atoms with Gasteiger partial charge in [0.05, 0.1) is 29.5 Å². The van der Waals surface area contributed by atoms with Crippen molar-refractivity contribution in [2.45, 2.75) is 25.4 Å².